The molecule has 45 heavy (non-hydrogen) atoms. The van der Waals surface area contributed by atoms with Gasteiger partial charge < -0.3 is 29.8 Å². The van der Waals surface area contributed by atoms with Gasteiger partial charge in [0.1, 0.15) is 25.8 Å². The Morgan fingerprint density at radius 3 is 2.73 bits per heavy atom. The van der Waals surface area contributed by atoms with Crippen LogP contribution in [0.1, 0.15) is 85.9 Å². The number of benzene rings is 1. The van der Waals surface area contributed by atoms with Crippen LogP contribution in [0.15, 0.2) is 16.9 Å². The highest BCUT2D eigenvalue weighted by atomic mass is 19.1. The molecule has 1 aliphatic carbocycles. The predicted molar refractivity (Wildman–Crippen MR) is 161 cm³/mol. The van der Waals surface area contributed by atoms with Crippen molar-refractivity contribution < 1.29 is 33.4 Å². The minimum atomic E-state index is -1.98. The van der Waals surface area contributed by atoms with E-state index < -0.39 is 29.0 Å². The zero-order valence-corrected chi connectivity index (χ0v) is 25.8. The summed E-state index contributed by atoms with van der Waals surface area (Å²) in [6.45, 7) is 6.96. The molecule has 0 radical (unpaired) electrons. The minimum absolute atomic E-state index is 0.0105. The number of halogens is 1. The van der Waals surface area contributed by atoms with Crippen molar-refractivity contribution in [3.63, 3.8) is 0 Å². The smallest absolute Gasteiger partial charge is 0.343 e. The summed E-state index contributed by atoms with van der Waals surface area (Å²) in [5.41, 5.74) is 2.04. The highest BCUT2D eigenvalue weighted by Gasteiger charge is 2.46. The van der Waals surface area contributed by atoms with Crippen molar-refractivity contribution in [3.8, 4) is 11.4 Å². The Balaban J connectivity index is 1.35. The molecular formula is C33H37FN4O7. The molecule has 0 spiro atoms. The van der Waals surface area contributed by atoms with Gasteiger partial charge in [-0.2, -0.15) is 0 Å². The lowest BCUT2D eigenvalue weighted by Crippen LogP contribution is -2.44. The third-order valence-electron chi connectivity index (χ3n) is 9.27. The Morgan fingerprint density at radius 1 is 1.22 bits per heavy atom. The number of esters is 1. The first kappa shape index (κ1) is 30.8. The fraction of sp³-hybridized carbons (Fsp3) is 0.485. The highest BCUT2D eigenvalue weighted by Crippen LogP contribution is 2.45. The molecule has 4 heterocycles. The van der Waals surface area contributed by atoms with Crippen LogP contribution in [-0.4, -0.2) is 45.8 Å². The zero-order valence-electron chi connectivity index (χ0n) is 25.8. The van der Waals surface area contributed by atoms with E-state index in [1.54, 1.807) is 19.9 Å². The van der Waals surface area contributed by atoms with E-state index in [1.807, 2.05) is 13.8 Å². The van der Waals surface area contributed by atoms with Crippen LogP contribution in [-0.2, 0) is 49.0 Å². The predicted octanol–water partition coefficient (Wildman–Crippen LogP) is 3.16. The van der Waals surface area contributed by atoms with Crippen molar-refractivity contribution in [3.05, 3.63) is 61.7 Å². The number of cyclic esters (lactones) is 1. The number of aliphatic hydroxyl groups is 1. The number of hydrogen-bond donors (Lipinski definition) is 3. The molecule has 2 amide bonds. The molecule has 1 aromatic carbocycles. The number of ether oxygens (including phenoxy) is 2. The second kappa shape index (κ2) is 11.6. The maximum absolute atomic E-state index is 15.1. The second-order valence-electron chi connectivity index (χ2n) is 12.5. The van der Waals surface area contributed by atoms with E-state index in [2.05, 4.69) is 10.6 Å². The number of nitrogens with zero attached hydrogens (tertiary/aromatic N) is 2. The molecule has 0 fully saturated rings. The molecule has 12 heteroatoms. The lowest BCUT2D eigenvalue weighted by Gasteiger charge is -2.31. The minimum Gasteiger partial charge on any atom is -0.458 e. The van der Waals surface area contributed by atoms with Gasteiger partial charge in [0.2, 0.25) is 11.8 Å². The van der Waals surface area contributed by atoms with Gasteiger partial charge in [-0.3, -0.25) is 14.4 Å². The SMILES string of the molecule is CC[C@@]1(O)C(=O)OCc2c1cc1n(c2=O)Cc2c-1nc1cc(F)c(C)c3c1c2[C@@H](NC(=O)COCNC(=O)CCC(C)C)CC3. The van der Waals surface area contributed by atoms with Crippen LogP contribution in [0.2, 0.25) is 0 Å². The zero-order chi connectivity index (χ0) is 32.2. The fourth-order valence-corrected chi connectivity index (χ4v) is 6.72. The lowest BCUT2D eigenvalue weighted by atomic mass is 9.81. The number of rotatable bonds is 9. The molecule has 2 aliphatic heterocycles. The molecule has 3 N–H and O–H groups in total. The van der Waals surface area contributed by atoms with E-state index in [0.717, 1.165) is 22.9 Å². The number of fused-ring (bicyclic) bond motifs is 5. The highest BCUT2D eigenvalue weighted by molar-refractivity contribution is 5.94. The van der Waals surface area contributed by atoms with Gasteiger partial charge in [0, 0.05) is 29.0 Å². The van der Waals surface area contributed by atoms with Crippen molar-refractivity contribution in [2.45, 2.75) is 84.6 Å². The van der Waals surface area contributed by atoms with Gasteiger partial charge in [-0.25, -0.2) is 14.2 Å². The van der Waals surface area contributed by atoms with Crippen molar-refractivity contribution in [1.29, 1.82) is 0 Å². The van der Waals surface area contributed by atoms with Crippen molar-refractivity contribution in [1.82, 2.24) is 20.2 Å². The van der Waals surface area contributed by atoms with Crippen LogP contribution < -0.4 is 16.2 Å². The largest absolute Gasteiger partial charge is 0.458 e. The van der Waals surface area contributed by atoms with Crippen LogP contribution in [0.3, 0.4) is 0 Å². The molecule has 2 aromatic heterocycles. The third-order valence-corrected chi connectivity index (χ3v) is 9.27. The first-order valence-electron chi connectivity index (χ1n) is 15.4. The van der Waals surface area contributed by atoms with Crippen molar-refractivity contribution in [2.24, 2.45) is 5.92 Å². The summed E-state index contributed by atoms with van der Waals surface area (Å²) in [6.07, 6.45) is 2.15. The first-order valence-corrected chi connectivity index (χ1v) is 15.4. The number of carbonyl (C=O) groups excluding carboxylic acids is 3. The van der Waals surface area contributed by atoms with Crippen LogP contribution in [0.5, 0.6) is 0 Å². The molecule has 0 saturated carbocycles. The topological polar surface area (TPSA) is 149 Å². The van der Waals surface area contributed by atoms with E-state index in [0.29, 0.717) is 53.2 Å². The summed E-state index contributed by atoms with van der Waals surface area (Å²) in [5, 5.41) is 17.7. The lowest BCUT2D eigenvalue weighted by molar-refractivity contribution is -0.172. The van der Waals surface area contributed by atoms with Crippen LogP contribution in [0, 0.1) is 18.7 Å². The van der Waals surface area contributed by atoms with E-state index in [1.165, 1.54) is 10.6 Å². The monoisotopic (exact) mass is 620 g/mol. The van der Waals surface area contributed by atoms with Crippen molar-refractivity contribution >= 4 is 28.7 Å². The molecule has 0 bridgehead atoms. The Hall–Kier alpha value is -4.16. The summed E-state index contributed by atoms with van der Waals surface area (Å²) < 4.78 is 27.3. The first-order chi connectivity index (χ1) is 21.4. The van der Waals surface area contributed by atoms with Crippen LogP contribution >= 0.6 is 0 Å². The Bertz CT molecular complexity index is 1820. The van der Waals surface area contributed by atoms with E-state index in [4.69, 9.17) is 14.5 Å². The standard InChI is InChI=1S/C33H37FN4O7/c1-5-33(43)21-10-25-30-19(12-38(25)31(41)20(21)13-45-32(33)42)29-23(8-7-18-17(4)22(34)11-24(37-30)28(18)29)36-27(40)14-44-15-35-26(39)9-6-16(2)3/h10-11,16,23,43H,5-9,12-15H2,1-4H3,(H,35,39)(H,36,40)/t23-,33-/m0/s1. The maximum Gasteiger partial charge on any atom is 0.343 e. The fourth-order valence-electron chi connectivity index (χ4n) is 6.72. The second-order valence-corrected chi connectivity index (χ2v) is 12.5. The number of amides is 2. The Labute approximate surface area is 259 Å². The maximum atomic E-state index is 15.1. The summed E-state index contributed by atoms with van der Waals surface area (Å²) in [4.78, 5) is 56.2. The molecule has 11 nitrogen and oxygen atoms in total. The van der Waals surface area contributed by atoms with Crippen molar-refractivity contribution in [2.75, 3.05) is 13.3 Å². The van der Waals surface area contributed by atoms with Gasteiger partial charge >= 0.3 is 5.97 Å². The molecule has 0 unspecified atom stereocenters. The van der Waals surface area contributed by atoms with Gasteiger partial charge in [0.15, 0.2) is 5.60 Å². The van der Waals surface area contributed by atoms with Gasteiger partial charge in [-0.15, -0.1) is 0 Å². The number of pyridine rings is 2. The van der Waals surface area contributed by atoms with E-state index in [9.17, 15) is 24.3 Å². The van der Waals surface area contributed by atoms with Gasteiger partial charge in [-0.05, 0) is 61.3 Å². The molecule has 3 aromatic rings. The number of hydrogen-bond acceptors (Lipinski definition) is 8. The van der Waals surface area contributed by atoms with Crippen LogP contribution in [0.25, 0.3) is 22.3 Å². The number of aryl methyl sites for hydroxylation is 1. The summed E-state index contributed by atoms with van der Waals surface area (Å²) in [7, 11) is 0. The molecule has 238 valence electrons. The number of aromatic nitrogens is 2. The number of nitrogens with one attached hydrogen (secondary N) is 2. The average molecular weight is 621 g/mol. The molecule has 0 saturated heterocycles. The molecule has 2 atom stereocenters. The van der Waals surface area contributed by atoms with Crippen LogP contribution in [0.4, 0.5) is 4.39 Å². The van der Waals surface area contributed by atoms with Gasteiger partial charge in [0.05, 0.1) is 35.1 Å². The quantitative estimate of drug-likeness (QED) is 0.147. The molecular weight excluding hydrogens is 583 g/mol. The van der Waals surface area contributed by atoms with E-state index >= 15 is 4.39 Å². The van der Waals surface area contributed by atoms with Gasteiger partial charge in [0.25, 0.3) is 5.56 Å². The normalized spacial score (nSPS) is 19.6. The summed E-state index contributed by atoms with van der Waals surface area (Å²) in [5.74, 6) is -1.34. The summed E-state index contributed by atoms with van der Waals surface area (Å²) in [6, 6.07) is 2.51. The van der Waals surface area contributed by atoms with Gasteiger partial charge in [-0.1, -0.05) is 20.8 Å². The Morgan fingerprint density at radius 2 is 2.00 bits per heavy atom. The van der Waals surface area contributed by atoms with E-state index in [-0.39, 0.29) is 55.9 Å². The Kier molecular flexibility index (Phi) is 7.98. The number of carbonyl (C=O) groups is 3. The summed E-state index contributed by atoms with van der Waals surface area (Å²) >= 11 is 0. The third kappa shape index (κ3) is 5.19. The molecule has 6 rings (SSSR count). The molecule has 3 aliphatic rings. The average Bonchev–Trinajstić information content (AvgIpc) is 3.38.